The normalized spacial score (nSPS) is 10.2. The molecule has 0 radical (unpaired) electrons. The zero-order chi connectivity index (χ0) is 15.6. The van der Waals surface area contributed by atoms with E-state index in [1.807, 2.05) is 0 Å². The lowest BCUT2D eigenvalue weighted by Gasteiger charge is -2.06. The van der Waals surface area contributed by atoms with E-state index >= 15 is 0 Å². The van der Waals surface area contributed by atoms with Gasteiger partial charge in [-0.05, 0) is 12.1 Å². The molecule has 108 valence electrons. The van der Waals surface area contributed by atoms with Gasteiger partial charge in [0, 0.05) is 12.1 Å². The Morgan fingerprint density at radius 3 is 2.43 bits per heavy atom. The second-order valence-corrected chi connectivity index (χ2v) is 4.08. The van der Waals surface area contributed by atoms with Crippen molar-refractivity contribution in [1.29, 1.82) is 0 Å². The third-order valence-electron chi connectivity index (χ3n) is 2.34. The van der Waals surface area contributed by atoms with Gasteiger partial charge in [0.15, 0.2) is 11.6 Å². The van der Waals surface area contributed by atoms with Gasteiger partial charge in [0.1, 0.15) is 5.15 Å². The summed E-state index contributed by atoms with van der Waals surface area (Å²) in [4.78, 5) is 23.3. The lowest BCUT2D eigenvalue weighted by atomic mass is 10.3. The number of non-ortho nitro benzene ring substituents is 1. The topological polar surface area (TPSA) is 108 Å². The first-order chi connectivity index (χ1) is 9.88. The number of halogens is 2. The number of hydrogen-bond acceptors (Lipinski definition) is 6. The van der Waals surface area contributed by atoms with E-state index in [9.17, 15) is 24.6 Å². The van der Waals surface area contributed by atoms with Crippen LogP contribution in [0.25, 0.3) is 0 Å². The molecular weight excluding hydrogens is 309 g/mol. The molecule has 10 heteroatoms. The number of pyridine rings is 1. The van der Waals surface area contributed by atoms with Crippen LogP contribution >= 0.6 is 11.6 Å². The lowest BCUT2D eigenvalue weighted by molar-refractivity contribution is -0.386. The molecule has 0 amide bonds. The summed E-state index contributed by atoms with van der Waals surface area (Å²) < 4.78 is 18.7. The summed E-state index contributed by atoms with van der Waals surface area (Å²) in [6.45, 7) is 0. The molecule has 0 unspecified atom stereocenters. The van der Waals surface area contributed by atoms with Gasteiger partial charge in [-0.1, -0.05) is 11.6 Å². The Morgan fingerprint density at radius 1 is 1.14 bits per heavy atom. The highest BCUT2D eigenvalue weighted by Crippen LogP contribution is 2.32. The Kier molecular flexibility index (Phi) is 3.94. The second-order valence-electron chi connectivity index (χ2n) is 3.69. The minimum Gasteiger partial charge on any atom is -0.430 e. The van der Waals surface area contributed by atoms with Gasteiger partial charge in [-0.3, -0.25) is 20.2 Å². The van der Waals surface area contributed by atoms with Crippen molar-refractivity contribution in [3.05, 3.63) is 61.5 Å². The van der Waals surface area contributed by atoms with E-state index in [2.05, 4.69) is 4.98 Å². The number of rotatable bonds is 4. The highest BCUT2D eigenvalue weighted by atomic mass is 35.5. The molecule has 2 aromatic rings. The fraction of sp³-hybridized carbons (Fsp3) is 0. The van der Waals surface area contributed by atoms with Crippen molar-refractivity contribution in [1.82, 2.24) is 4.98 Å². The van der Waals surface area contributed by atoms with E-state index in [1.165, 1.54) is 6.07 Å². The van der Waals surface area contributed by atoms with Gasteiger partial charge in [-0.25, -0.2) is 4.39 Å². The molecule has 0 fully saturated rings. The van der Waals surface area contributed by atoms with E-state index in [4.69, 9.17) is 16.3 Å². The molecule has 1 aromatic carbocycles. The molecule has 0 atom stereocenters. The number of nitrogens with zero attached hydrogens (tertiary/aromatic N) is 3. The highest BCUT2D eigenvalue weighted by molar-refractivity contribution is 6.29. The van der Waals surface area contributed by atoms with Gasteiger partial charge in [0.05, 0.1) is 15.9 Å². The minimum absolute atomic E-state index is 0.0853. The van der Waals surface area contributed by atoms with Gasteiger partial charge in [-0.15, -0.1) is 0 Å². The van der Waals surface area contributed by atoms with Crippen molar-refractivity contribution in [2.45, 2.75) is 0 Å². The Labute approximate surface area is 121 Å². The van der Waals surface area contributed by atoms with Crippen molar-refractivity contribution >= 4 is 23.0 Å². The molecular formula is C11H5ClFN3O5. The Morgan fingerprint density at radius 2 is 1.86 bits per heavy atom. The number of hydrogen-bond donors (Lipinski definition) is 0. The predicted octanol–water partition coefficient (Wildman–Crippen LogP) is 3.48. The number of nitro benzene ring substituents is 1. The van der Waals surface area contributed by atoms with Gasteiger partial charge < -0.3 is 4.74 Å². The van der Waals surface area contributed by atoms with Crippen molar-refractivity contribution < 1.29 is 19.0 Å². The van der Waals surface area contributed by atoms with E-state index in [0.717, 1.165) is 18.2 Å². The van der Waals surface area contributed by atoms with Crippen molar-refractivity contribution in [2.75, 3.05) is 0 Å². The van der Waals surface area contributed by atoms with Gasteiger partial charge in [0.25, 0.3) is 5.69 Å². The maximum atomic E-state index is 13.7. The van der Waals surface area contributed by atoms with Gasteiger partial charge in [-0.2, -0.15) is 4.98 Å². The average Bonchev–Trinajstić information content (AvgIpc) is 2.40. The van der Waals surface area contributed by atoms with Gasteiger partial charge in [0.2, 0.25) is 0 Å². The lowest BCUT2D eigenvalue weighted by Crippen LogP contribution is -1.98. The molecule has 0 aliphatic heterocycles. The molecule has 0 aliphatic carbocycles. The predicted molar refractivity (Wildman–Crippen MR) is 69.0 cm³/mol. The third-order valence-corrected chi connectivity index (χ3v) is 2.55. The van der Waals surface area contributed by atoms with Crippen LogP contribution in [0.15, 0.2) is 30.3 Å². The first-order valence-corrected chi connectivity index (χ1v) is 5.69. The molecule has 0 bridgehead atoms. The summed E-state index contributed by atoms with van der Waals surface area (Å²) in [6.07, 6.45) is 0. The average molecular weight is 314 g/mol. The largest absolute Gasteiger partial charge is 0.430 e. The van der Waals surface area contributed by atoms with E-state index in [0.29, 0.717) is 6.07 Å². The number of aromatic nitrogens is 1. The molecule has 0 spiro atoms. The maximum absolute atomic E-state index is 13.7. The first-order valence-electron chi connectivity index (χ1n) is 5.31. The molecule has 8 nitrogen and oxygen atoms in total. The van der Waals surface area contributed by atoms with Crippen LogP contribution in [0.2, 0.25) is 5.15 Å². The minimum atomic E-state index is -1.06. The fourth-order valence-electron chi connectivity index (χ4n) is 1.41. The summed E-state index contributed by atoms with van der Waals surface area (Å²) in [6, 6.07) is 4.83. The zero-order valence-corrected chi connectivity index (χ0v) is 10.8. The number of ether oxygens (including phenoxy) is 1. The molecule has 1 aromatic heterocycles. The van der Waals surface area contributed by atoms with E-state index in [-0.39, 0.29) is 5.15 Å². The van der Waals surface area contributed by atoms with Crippen LogP contribution in [-0.4, -0.2) is 14.8 Å². The van der Waals surface area contributed by atoms with Crippen molar-refractivity contribution in [3.8, 4) is 11.6 Å². The summed E-state index contributed by atoms with van der Waals surface area (Å²) >= 11 is 5.60. The van der Waals surface area contributed by atoms with Crippen LogP contribution < -0.4 is 4.74 Å². The first kappa shape index (κ1) is 14.6. The maximum Gasteiger partial charge on any atom is 0.331 e. The van der Waals surface area contributed by atoms with Gasteiger partial charge >= 0.3 is 11.6 Å². The molecule has 2 rings (SSSR count). The molecule has 0 aliphatic rings. The summed E-state index contributed by atoms with van der Waals surface area (Å²) in [5.41, 5.74) is -0.995. The molecule has 1 heterocycles. The van der Waals surface area contributed by atoms with Crippen LogP contribution in [0.3, 0.4) is 0 Å². The van der Waals surface area contributed by atoms with Crippen molar-refractivity contribution in [2.24, 2.45) is 0 Å². The Balaban J connectivity index is 2.40. The molecule has 0 saturated carbocycles. The quantitative estimate of drug-likeness (QED) is 0.485. The summed E-state index contributed by atoms with van der Waals surface area (Å²) in [5.74, 6) is -2.01. The summed E-state index contributed by atoms with van der Waals surface area (Å²) in [5, 5.41) is 21.2. The molecule has 0 saturated heterocycles. The van der Waals surface area contributed by atoms with E-state index in [1.54, 1.807) is 0 Å². The fourth-order valence-corrected chi connectivity index (χ4v) is 1.55. The van der Waals surface area contributed by atoms with Crippen LogP contribution in [0.4, 0.5) is 15.8 Å². The monoisotopic (exact) mass is 313 g/mol. The van der Waals surface area contributed by atoms with Crippen LogP contribution in [0.5, 0.6) is 11.6 Å². The third kappa shape index (κ3) is 3.20. The van der Waals surface area contributed by atoms with Crippen molar-refractivity contribution in [3.63, 3.8) is 0 Å². The van der Waals surface area contributed by atoms with E-state index < -0.39 is 38.7 Å². The standard InChI is InChI=1S/C11H5ClFN3O5/c12-10-4-2-8(16(19)20)11(14-10)21-9-3-1-6(15(17)18)5-7(9)13/h1-5H. The number of benzene rings is 1. The second kappa shape index (κ2) is 5.67. The highest BCUT2D eigenvalue weighted by Gasteiger charge is 2.20. The smallest absolute Gasteiger partial charge is 0.331 e. The molecule has 0 N–H and O–H groups in total. The summed E-state index contributed by atoms with van der Waals surface area (Å²) in [7, 11) is 0. The Hall–Kier alpha value is -2.81. The molecule has 21 heavy (non-hydrogen) atoms. The Bertz CT molecular complexity index is 740. The van der Waals surface area contributed by atoms with Crippen LogP contribution in [0, 0.1) is 26.0 Å². The van der Waals surface area contributed by atoms with Crippen LogP contribution in [-0.2, 0) is 0 Å². The number of nitro groups is 2. The van der Waals surface area contributed by atoms with Crippen LogP contribution in [0.1, 0.15) is 0 Å². The zero-order valence-electron chi connectivity index (χ0n) is 10.0. The SMILES string of the molecule is O=[N+]([O-])c1ccc(Oc2nc(Cl)ccc2[N+](=O)[O-])c(F)c1.